The fourth-order valence-electron chi connectivity index (χ4n) is 1.77. The topological polar surface area (TPSA) is 49.3 Å². The molecule has 0 heterocycles. The van der Waals surface area contributed by atoms with Crippen molar-refractivity contribution in [2.75, 3.05) is 6.54 Å². The quantitative estimate of drug-likeness (QED) is 0.811. The lowest BCUT2D eigenvalue weighted by molar-refractivity contribution is -0.138. The number of aryl methyl sites for hydroxylation is 1. The van der Waals surface area contributed by atoms with Gasteiger partial charge in [-0.15, -0.1) is 0 Å². The van der Waals surface area contributed by atoms with E-state index in [0.717, 1.165) is 24.1 Å². The van der Waals surface area contributed by atoms with Crippen molar-refractivity contribution in [1.82, 2.24) is 5.32 Å². The van der Waals surface area contributed by atoms with Crippen molar-refractivity contribution in [3.8, 4) is 0 Å². The van der Waals surface area contributed by atoms with Crippen LogP contribution in [0.25, 0.3) is 0 Å². The number of alkyl halides is 3. The molecule has 0 aliphatic heterocycles. The molecule has 0 amide bonds. The van der Waals surface area contributed by atoms with Gasteiger partial charge in [0.2, 0.25) is 0 Å². The van der Waals surface area contributed by atoms with E-state index in [2.05, 4.69) is 5.32 Å². The molecule has 0 saturated heterocycles. The summed E-state index contributed by atoms with van der Waals surface area (Å²) in [6.45, 7) is 2.31. The zero-order valence-corrected chi connectivity index (χ0v) is 11.2. The lowest BCUT2D eigenvalue weighted by Gasteiger charge is -2.13. The second kappa shape index (κ2) is 7.28. The monoisotopic (exact) mass is 289 g/mol. The highest BCUT2D eigenvalue weighted by Gasteiger charge is 2.29. The number of carbonyl (C=O) groups is 1. The summed E-state index contributed by atoms with van der Waals surface area (Å²) in [6, 6.07) is 5.24. The Labute approximate surface area is 115 Å². The fraction of sp³-hybridized carbons (Fsp3) is 0.500. The van der Waals surface area contributed by atoms with Gasteiger partial charge < -0.3 is 10.4 Å². The van der Waals surface area contributed by atoms with Crippen molar-refractivity contribution >= 4 is 5.97 Å². The molecule has 0 bridgehead atoms. The molecule has 0 radical (unpaired) electrons. The molecule has 6 heteroatoms. The molecular formula is C14H18F3NO2. The Hall–Kier alpha value is -1.56. The first kappa shape index (κ1) is 16.5. The zero-order chi connectivity index (χ0) is 15.2. The summed E-state index contributed by atoms with van der Waals surface area (Å²) in [5, 5.41) is 11.6. The van der Waals surface area contributed by atoms with Gasteiger partial charge in [-0.2, -0.15) is 13.2 Å². The second-order valence-corrected chi connectivity index (χ2v) is 4.73. The Kier molecular flexibility index (Phi) is 6.01. The maximum absolute atomic E-state index is 12.4. The molecule has 112 valence electrons. The van der Waals surface area contributed by atoms with Crippen LogP contribution in [-0.4, -0.2) is 23.7 Å². The van der Waals surface area contributed by atoms with Crippen molar-refractivity contribution in [2.24, 2.45) is 0 Å². The largest absolute Gasteiger partial charge is 0.481 e. The molecule has 0 fully saturated rings. The van der Waals surface area contributed by atoms with Crippen LogP contribution in [0.15, 0.2) is 24.3 Å². The summed E-state index contributed by atoms with van der Waals surface area (Å²) in [4.78, 5) is 10.3. The van der Waals surface area contributed by atoms with Crippen LogP contribution < -0.4 is 5.32 Å². The van der Waals surface area contributed by atoms with Crippen LogP contribution in [0.1, 0.15) is 30.9 Å². The third-order valence-electron chi connectivity index (χ3n) is 2.98. The van der Waals surface area contributed by atoms with Gasteiger partial charge in [0.1, 0.15) is 0 Å². The first-order chi connectivity index (χ1) is 9.29. The van der Waals surface area contributed by atoms with Crippen LogP contribution in [0.5, 0.6) is 0 Å². The molecule has 0 aromatic heterocycles. The minimum absolute atomic E-state index is 0.0601. The fourth-order valence-corrected chi connectivity index (χ4v) is 1.77. The maximum Gasteiger partial charge on any atom is 0.416 e. The van der Waals surface area contributed by atoms with Gasteiger partial charge in [-0.3, -0.25) is 4.79 Å². The van der Waals surface area contributed by atoms with Crippen LogP contribution >= 0.6 is 0 Å². The number of hydrogen-bond acceptors (Lipinski definition) is 2. The van der Waals surface area contributed by atoms with Crippen LogP contribution in [0.2, 0.25) is 0 Å². The van der Waals surface area contributed by atoms with Crippen LogP contribution in [-0.2, 0) is 17.4 Å². The van der Waals surface area contributed by atoms with E-state index in [0.29, 0.717) is 13.0 Å². The van der Waals surface area contributed by atoms with Gasteiger partial charge in [-0.05, 0) is 37.5 Å². The van der Waals surface area contributed by atoms with Gasteiger partial charge in [0.15, 0.2) is 0 Å². The average molecular weight is 289 g/mol. The normalized spacial score (nSPS) is 13.2. The SMILES string of the molecule is CC(CCc1ccc(C(F)(F)F)cc1)NCCC(=O)O. The number of hydrogen-bond donors (Lipinski definition) is 2. The highest BCUT2D eigenvalue weighted by Crippen LogP contribution is 2.29. The Balaban J connectivity index is 2.36. The van der Waals surface area contributed by atoms with E-state index in [1.54, 1.807) is 0 Å². The molecule has 3 nitrogen and oxygen atoms in total. The predicted octanol–water partition coefficient (Wildman–Crippen LogP) is 3.09. The molecular weight excluding hydrogens is 271 g/mol. The number of carboxylic acids is 1. The summed E-state index contributed by atoms with van der Waals surface area (Å²) in [7, 11) is 0. The number of halogens is 3. The van der Waals surface area contributed by atoms with Crippen molar-refractivity contribution in [3.05, 3.63) is 35.4 Å². The molecule has 1 aromatic carbocycles. The molecule has 0 spiro atoms. The molecule has 1 atom stereocenters. The van der Waals surface area contributed by atoms with Crippen LogP contribution in [0, 0.1) is 0 Å². The molecule has 2 N–H and O–H groups in total. The Morgan fingerprint density at radius 2 is 1.90 bits per heavy atom. The van der Waals surface area contributed by atoms with E-state index in [-0.39, 0.29) is 12.5 Å². The summed E-state index contributed by atoms with van der Waals surface area (Å²) in [5.41, 5.74) is 0.193. The number of carboxylic acid groups (broad SMARTS) is 1. The average Bonchev–Trinajstić information content (AvgIpc) is 2.35. The molecule has 1 rings (SSSR count). The lowest BCUT2D eigenvalue weighted by Crippen LogP contribution is -2.28. The number of aliphatic carboxylic acids is 1. The van der Waals surface area contributed by atoms with Gasteiger partial charge in [-0.1, -0.05) is 12.1 Å². The minimum Gasteiger partial charge on any atom is -0.481 e. The minimum atomic E-state index is -4.30. The van der Waals surface area contributed by atoms with Crippen molar-refractivity contribution in [3.63, 3.8) is 0 Å². The van der Waals surface area contributed by atoms with Gasteiger partial charge >= 0.3 is 12.1 Å². The Bertz CT molecular complexity index is 429. The highest BCUT2D eigenvalue weighted by molar-refractivity contribution is 5.66. The van der Waals surface area contributed by atoms with E-state index in [9.17, 15) is 18.0 Å². The summed E-state index contributed by atoms with van der Waals surface area (Å²) >= 11 is 0. The van der Waals surface area contributed by atoms with Gasteiger partial charge in [0.25, 0.3) is 0 Å². The third-order valence-corrected chi connectivity index (χ3v) is 2.98. The summed E-state index contributed by atoms with van der Waals surface area (Å²) in [5.74, 6) is -0.854. The molecule has 0 aliphatic carbocycles. The van der Waals surface area contributed by atoms with E-state index in [1.807, 2.05) is 6.92 Å². The smallest absolute Gasteiger partial charge is 0.416 e. The number of nitrogens with one attached hydrogen (secondary N) is 1. The van der Waals surface area contributed by atoms with Gasteiger partial charge in [-0.25, -0.2) is 0 Å². The first-order valence-electron chi connectivity index (χ1n) is 6.40. The second-order valence-electron chi connectivity index (χ2n) is 4.73. The highest BCUT2D eigenvalue weighted by atomic mass is 19.4. The maximum atomic E-state index is 12.4. The summed E-state index contributed by atoms with van der Waals surface area (Å²) < 4.78 is 37.1. The van der Waals surface area contributed by atoms with Gasteiger partial charge in [0.05, 0.1) is 12.0 Å². The molecule has 20 heavy (non-hydrogen) atoms. The molecule has 1 aromatic rings. The Morgan fingerprint density at radius 3 is 2.40 bits per heavy atom. The standard InChI is InChI=1S/C14H18F3NO2/c1-10(18-9-8-13(19)20)2-3-11-4-6-12(7-5-11)14(15,16)17/h4-7,10,18H,2-3,8-9H2,1H3,(H,19,20). The predicted molar refractivity (Wildman–Crippen MR) is 69.5 cm³/mol. The van der Waals surface area contributed by atoms with Crippen molar-refractivity contribution in [1.29, 1.82) is 0 Å². The van der Waals surface area contributed by atoms with Crippen molar-refractivity contribution in [2.45, 2.75) is 38.4 Å². The Morgan fingerprint density at radius 1 is 1.30 bits per heavy atom. The zero-order valence-electron chi connectivity index (χ0n) is 11.2. The van der Waals surface area contributed by atoms with E-state index in [4.69, 9.17) is 5.11 Å². The number of rotatable bonds is 7. The first-order valence-corrected chi connectivity index (χ1v) is 6.40. The van der Waals surface area contributed by atoms with Gasteiger partial charge in [0, 0.05) is 12.6 Å². The van der Waals surface area contributed by atoms with E-state index in [1.165, 1.54) is 12.1 Å². The number of benzene rings is 1. The molecule has 0 aliphatic rings. The third kappa shape index (κ3) is 6.06. The van der Waals surface area contributed by atoms with Crippen LogP contribution in [0.4, 0.5) is 13.2 Å². The molecule has 1 unspecified atom stereocenters. The molecule has 0 saturated carbocycles. The van der Waals surface area contributed by atoms with Crippen molar-refractivity contribution < 1.29 is 23.1 Å². The summed E-state index contributed by atoms with van der Waals surface area (Å²) in [6.07, 6.45) is -2.85. The lowest BCUT2D eigenvalue weighted by atomic mass is 10.0. The van der Waals surface area contributed by atoms with E-state index < -0.39 is 17.7 Å². The van der Waals surface area contributed by atoms with E-state index >= 15 is 0 Å². The van der Waals surface area contributed by atoms with Crippen LogP contribution in [0.3, 0.4) is 0 Å².